The quantitative estimate of drug-likeness (QED) is 0.902. The van der Waals surface area contributed by atoms with E-state index in [-0.39, 0.29) is 6.04 Å². The molecule has 1 aromatic heterocycles. The van der Waals surface area contributed by atoms with Crippen LogP contribution in [-0.4, -0.2) is 15.0 Å². The largest absolute Gasteiger partial charge is 0.322 e. The molecule has 1 rings (SSSR count). The van der Waals surface area contributed by atoms with Gasteiger partial charge < -0.3 is 5.73 Å². The molecule has 0 aromatic carbocycles. The highest BCUT2D eigenvalue weighted by atomic mass is 79.9. The average Bonchev–Trinajstić information content (AvgIpc) is 2.48. The summed E-state index contributed by atoms with van der Waals surface area (Å²) >= 11 is 3.37. The maximum absolute atomic E-state index is 6.18. The summed E-state index contributed by atoms with van der Waals surface area (Å²) in [5.74, 6) is 0.489. The third-order valence-corrected chi connectivity index (χ3v) is 3.26. The van der Waals surface area contributed by atoms with Gasteiger partial charge in [-0.1, -0.05) is 31.9 Å². The molecule has 0 saturated heterocycles. The monoisotopic (exact) mass is 260 g/mol. The molecule has 0 spiro atoms. The fourth-order valence-corrected chi connectivity index (χ4v) is 2.30. The minimum Gasteiger partial charge on any atom is -0.322 e. The van der Waals surface area contributed by atoms with Crippen LogP contribution in [-0.2, 0) is 7.05 Å². The molecule has 0 aliphatic heterocycles. The van der Waals surface area contributed by atoms with Gasteiger partial charge in [-0.2, -0.15) is 0 Å². The Labute approximate surface area is 93.0 Å². The lowest BCUT2D eigenvalue weighted by molar-refractivity contribution is 0.387. The first-order valence-electron chi connectivity index (χ1n) is 4.92. The summed E-state index contributed by atoms with van der Waals surface area (Å²) in [6.07, 6.45) is 2.16. The van der Waals surface area contributed by atoms with Crippen molar-refractivity contribution in [1.82, 2.24) is 15.0 Å². The van der Waals surface area contributed by atoms with E-state index in [1.165, 1.54) is 0 Å². The van der Waals surface area contributed by atoms with Crippen molar-refractivity contribution in [2.45, 2.75) is 32.7 Å². The Morgan fingerprint density at radius 2 is 2.00 bits per heavy atom. The maximum atomic E-state index is 6.18. The first-order chi connectivity index (χ1) is 6.61. The fraction of sp³-hybridized carbons (Fsp3) is 0.778. The molecule has 1 atom stereocenters. The Hall–Kier alpha value is -0.420. The van der Waals surface area contributed by atoms with Gasteiger partial charge in [0.2, 0.25) is 0 Å². The molecule has 5 heteroatoms. The highest BCUT2D eigenvalue weighted by Gasteiger charge is 2.22. The van der Waals surface area contributed by atoms with Gasteiger partial charge in [-0.25, -0.2) is 4.68 Å². The van der Waals surface area contributed by atoms with Gasteiger partial charge >= 0.3 is 0 Å². The van der Waals surface area contributed by atoms with Crippen molar-refractivity contribution in [3.63, 3.8) is 0 Å². The molecule has 4 nitrogen and oxygen atoms in total. The lowest BCUT2D eigenvalue weighted by atomic mass is 9.93. The van der Waals surface area contributed by atoms with Crippen molar-refractivity contribution in [3.05, 3.63) is 10.3 Å². The highest BCUT2D eigenvalue weighted by molar-refractivity contribution is 9.10. The van der Waals surface area contributed by atoms with Crippen LogP contribution in [0.2, 0.25) is 0 Å². The van der Waals surface area contributed by atoms with Crippen LogP contribution in [0.15, 0.2) is 4.60 Å². The highest BCUT2D eigenvalue weighted by Crippen LogP contribution is 2.28. The third kappa shape index (κ3) is 2.15. The van der Waals surface area contributed by atoms with Crippen molar-refractivity contribution in [2.75, 3.05) is 0 Å². The standard InChI is InChI=1S/C9H17BrN4/c1-4-6(5-2)7(11)8-9(10)12-13-14(8)3/h6-7H,4-5,11H2,1-3H3. The molecule has 0 aliphatic rings. The number of halogens is 1. The van der Waals surface area contributed by atoms with Gasteiger partial charge in [-0.05, 0) is 21.8 Å². The number of aromatic nitrogens is 3. The summed E-state index contributed by atoms with van der Waals surface area (Å²) < 4.78 is 2.51. The van der Waals surface area contributed by atoms with E-state index < -0.39 is 0 Å². The van der Waals surface area contributed by atoms with E-state index in [0.717, 1.165) is 23.1 Å². The lowest BCUT2D eigenvalue weighted by Gasteiger charge is -2.20. The van der Waals surface area contributed by atoms with E-state index in [4.69, 9.17) is 5.73 Å². The first-order valence-corrected chi connectivity index (χ1v) is 5.71. The van der Waals surface area contributed by atoms with Gasteiger partial charge in [0.25, 0.3) is 0 Å². The number of nitrogens with two attached hydrogens (primary N) is 1. The predicted octanol–water partition coefficient (Wildman–Crippen LogP) is 2.01. The summed E-state index contributed by atoms with van der Waals surface area (Å²) in [5.41, 5.74) is 7.16. The molecule has 0 saturated carbocycles. The molecule has 2 N–H and O–H groups in total. The number of aryl methyl sites for hydroxylation is 1. The van der Waals surface area contributed by atoms with Gasteiger partial charge in [-0.15, -0.1) is 5.10 Å². The zero-order valence-corrected chi connectivity index (χ0v) is 10.5. The number of nitrogens with zero attached hydrogens (tertiary/aromatic N) is 3. The predicted molar refractivity (Wildman–Crippen MR) is 59.7 cm³/mol. The molecule has 1 aromatic rings. The fourth-order valence-electron chi connectivity index (χ4n) is 1.71. The third-order valence-electron chi connectivity index (χ3n) is 2.70. The van der Waals surface area contributed by atoms with Crippen molar-refractivity contribution in [1.29, 1.82) is 0 Å². The molecule has 0 amide bonds. The van der Waals surface area contributed by atoms with Gasteiger partial charge in [0.15, 0.2) is 4.60 Å². The normalized spacial score (nSPS) is 13.6. The number of rotatable bonds is 4. The Bertz CT molecular complexity index is 274. The van der Waals surface area contributed by atoms with E-state index in [0.29, 0.717) is 5.92 Å². The zero-order chi connectivity index (χ0) is 10.7. The van der Waals surface area contributed by atoms with Crippen molar-refractivity contribution < 1.29 is 0 Å². The molecule has 0 radical (unpaired) electrons. The van der Waals surface area contributed by atoms with Crippen LogP contribution < -0.4 is 5.73 Å². The second kappa shape index (κ2) is 4.89. The Balaban J connectivity index is 2.92. The van der Waals surface area contributed by atoms with E-state index in [1.807, 2.05) is 7.05 Å². The van der Waals surface area contributed by atoms with Crippen LogP contribution in [0.3, 0.4) is 0 Å². The van der Waals surface area contributed by atoms with Gasteiger partial charge in [0.05, 0.1) is 11.7 Å². The van der Waals surface area contributed by atoms with Gasteiger partial charge in [-0.3, -0.25) is 0 Å². The average molecular weight is 261 g/mol. The smallest absolute Gasteiger partial charge is 0.153 e. The van der Waals surface area contributed by atoms with Crippen LogP contribution in [0.4, 0.5) is 0 Å². The molecule has 0 aliphatic carbocycles. The van der Waals surface area contributed by atoms with E-state index in [9.17, 15) is 0 Å². The van der Waals surface area contributed by atoms with Crippen LogP contribution in [0.5, 0.6) is 0 Å². The van der Waals surface area contributed by atoms with Crippen LogP contribution in [0.1, 0.15) is 38.4 Å². The summed E-state index contributed by atoms with van der Waals surface area (Å²) in [6, 6.07) is 0.0133. The maximum Gasteiger partial charge on any atom is 0.153 e. The topological polar surface area (TPSA) is 56.7 Å². The van der Waals surface area contributed by atoms with Crippen molar-refractivity contribution in [2.24, 2.45) is 18.7 Å². The minimum absolute atomic E-state index is 0.0133. The van der Waals surface area contributed by atoms with Crippen LogP contribution in [0, 0.1) is 5.92 Å². The van der Waals surface area contributed by atoms with Gasteiger partial charge in [0, 0.05) is 7.05 Å². The summed E-state index contributed by atoms with van der Waals surface area (Å²) in [6.45, 7) is 4.32. The summed E-state index contributed by atoms with van der Waals surface area (Å²) in [4.78, 5) is 0. The van der Waals surface area contributed by atoms with E-state index >= 15 is 0 Å². The second-order valence-electron chi connectivity index (χ2n) is 3.49. The zero-order valence-electron chi connectivity index (χ0n) is 8.87. The molecule has 0 bridgehead atoms. The lowest BCUT2D eigenvalue weighted by Crippen LogP contribution is -2.23. The van der Waals surface area contributed by atoms with Crippen molar-refractivity contribution in [3.8, 4) is 0 Å². The van der Waals surface area contributed by atoms with Crippen LogP contribution >= 0.6 is 15.9 Å². The summed E-state index contributed by atoms with van der Waals surface area (Å²) in [5, 5.41) is 7.87. The molecular formula is C9H17BrN4. The van der Waals surface area contributed by atoms with Crippen LogP contribution in [0.25, 0.3) is 0 Å². The minimum atomic E-state index is 0.0133. The first kappa shape index (κ1) is 11.7. The summed E-state index contributed by atoms with van der Waals surface area (Å²) in [7, 11) is 1.87. The Morgan fingerprint density at radius 1 is 1.43 bits per heavy atom. The molecule has 0 fully saturated rings. The molecule has 1 heterocycles. The van der Waals surface area contributed by atoms with E-state index in [2.05, 4.69) is 40.1 Å². The number of hydrogen-bond acceptors (Lipinski definition) is 3. The SMILES string of the molecule is CCC(CC)C(N)c1c(Br)nnn1C. The Morgan fingerprint density at radius 3 is 2.36 bits per heavy atom. The Kier molecular flexibility index (Phi) is 4.07. The molecule has 1 unspecified atom stereocenters. The molecule has 80 valence electrons. The molecular weight excluding hydrogens is 244 g/mol. The molecule has 14 heavy (non-hydrogen) atoms. The second-order valence-corrected chi connectivity index (χ2v) is 4.24. The number of hydrogen-bond donors (Lipinski definition) is 1. The van der Waals surface area contributed by atoms with Gasteiger partial charge in [0.1, 0.15) is 0 Å². The van der Waals surface area contributed by atoms with Crippen molar-refractivity contribution >= 4 is 15.9 Å². The van der Waals surface area contributed by atoms with E-state index in [1.54, 1.807) is 4.68 Å².